The molecule has 2 heterocycles. The molecule has 104 valence electrons. The second kappa shape index (κ2) is 5.59. The number of nitrogens with one attached hydrogen (secondary N) is 1. The van der Waals surface area contributed by atoms with Crippen LogP contribution in [0.2, 0.25) is 0 Å². The number of hydrogen-bond donors (Lipinski definition) is 1. The van der Waals surface area contributed by atoms with Gasteiger partial charge >= 0.3 is 0 Å². The van der Waals surface area contributed by atoms with E-state index in [4.69, 9.17) is 0 Å². The Morgan fingerprint density at radius 3 is 3.15 bits per heavy atom. The molecule has 2 aromatic rings. The Morgan fingerprint density at radius 2 is 2.30 bits per heavy atom. The standard InChI is InChI=1S/C16H19N3O/c1-17-10-12-7-9-19(11-12)16(20)14-4-2-6-15-13(14)5-3-8-18-15/h2-6,8,12,17H,7,9-11H2,1H3. The normalized spacial score (nSPS) is 18.6. The van der Waals surface area contributed by atoms with E-state index in [2.05, 4.69) is 10.3 Å². The molecule has 20 heavy (non-hydrogen) atoms. The van der Waals surface area contributed by atoms with Gasteiger partial charge in [-0.15, -0.1) is 0 Å². The monoisotopic (exact) mass is 269 g/mol. The molecule has 4 nitrogen and oxygen atoms in total. The smallest absolute Gasteiger partial charge is 0.254 e. The lowest BCUT2D eigenvalue weighted by Gasteiger charge is -2.17. The highest BCUT2D eigenvalue weighted by Gasteiger charge is 2.27. The van der Waals surface area contributed by atoms with E-state index in [9.17, 15) is 4.79 Å². The van der Waals surface area contributed by atoms with Crippen LogP contribution in [0.5, 0.6) is 0 Å². The molecule has 1 N–H and O–H groups in total. The number of hydrogen-bond acceptors (Lipinski definition) is 3. The molecule has 0 bridgehead atoms. The number of rotatable bonds is 3. The minimum absolute atomic E-state index is 0.127. The molecule has 0 spiro atoms. The topological polar surface area (TPSA) is 45.2 Å². The molecule has 3 rings (SSSR count). The number of fused-ring (bicyclic) bond motifs is 1. The molecule has 0 saturated carbocycles. The minimum atomic E-state index is 0.127. The second-order valence-electron chi connectivity index (χ2n) is 5.34. The van der Waals surface area contributed by atoms with E-state index in [-0.39, 0.29) is 5.91 Å². The van der Waals surface area contributed by atoms with Crippen molar-refractivity contribution in [1.82, 2.24) is 15.2 Å². The third-order valence-electron chi connectivity index (χ3n) is 3.94. The Bertz CT molecular complexity index is 621. The molecule has 4 heteroatoms. The summed E-state index contributed by atoms with van der Waals surface area (Å²) in [6.45, 7) is 2.67. The first-order valence-corrected chi connectivity index (χ1v) is 7.07. The average molecular weight is 269 g/mol. The van der Waals surface area contributed by atoms with Gasteiger partial charge in [-0.3, -0.25) is 9.78 Å². The molecule has 1 atom stereocenters. The third-order valence-corrected chi connectivity index (χ3v) is 3.94. The van der Waals surface area contributed by atoms with Gasteiger partial charge in [-0.25, -0.2) is 0 Å². The van der Waals surface area contributed by atoms with Crippen LogP contribution in [0.3, 0.4) is 0 Å². The maximum atomic E-state index is 12.7. The van der Waals surface area contributed by atoms with Crippen molar-refractivity contribution in [3.8, 4) is 0 Å². The lowest BCUT2D eigenvalue weighted by molar-refractivity contribution is 0.0789. The summed E-state index contributed by atoms with van der Waals surface area (Å²) >= 11 is 0. The van der Waals surface area contributed by atoms with Crippen LogP contribution in [-0.4, -0.2) is 42.5 Å². The Kier molecular flexibility index (Phi) is 3.65. The van der Waals surface area contributed by atoms with Crippen LogP contribution >= 0.6 is 0 Å². The fraction of sp³-hybridized carbons (Fsp3) is 0.375. The van der Waals surface area contributed by atoms with Gasteiger partial charge in [0.15, 0.2) is 0 Å². The number of benzene rings is 1. The van der Waals surface area contributed by atoms with Crippen molar-refractivity contribution in [2.75, 3.05) is 26.7 Å². The number of amides is 1. The Hall–Kier alpha value is -1.94. The molecule has 1 aliphatic heterocycles. The predicted octanol–water partition coefficient (Wildman–Crippen LogP) is 1.92. The maximum absolute atomic E-state index is 12.7. The van der Waals surface area contributed by atoms with Crippen LogP contribution in [0.4, 0.5) is 0 Å². The van der Waals surface area contributed by atoms with Crippen LogP contribution in [0, 0.1) is 5.92 Å². The number of aromatic nitrogens is 1. The van der Waals surface area contributed by atoms with E-state index < -0.39 is 0 Å². The number of carbonyl (C=O) groups excluding carboxylic acids is 1. The zero-order chi connectivity index (χ0) is 13.9. The summed E-state index contributed by atoms with van der Waals surface area (Å²) in [7, 11) is 1.96. The molecule has 1 aromatic carbocycles. The third kappa shape index (κ3) is 2.39. The lowest BCUT2D eigenvalue weighted by Crippen LogP contribution is -2.30. The minimum Gasteiger partial charge on any atom is -0.338 e. The van der Waals surface area contributed by atoms with Gasteiger partial charge in [-0.05, 0) is 44.1 Å². The molecule has 1 amide bonds. The van der Waals surface area contributed by atoms with Gasteiger partial charge in [-0.2, -0.15) is 0 Å². The van der Waals surface area contributed by atoms with E-state index in [1.54, 1.807) is 6.20 Å². The summed E-state index contributed by atoms with van der Waals surface area (Å²) in [5.41, 5.74) is 1.64. The maximum Gasteiger partial charge on any atom is 0.254 e. The zero-order valence-electron chi connectivity index (χ0n) is 11.7. The fourth-order valence-electron chi connectivity index (χ4n) is 2.93. The van der Waals surface area contributed by atoms with Crippen molar-refractivity contribution in [3.63, 3.8) is 0 Å². The van der Waals surface area contributed by atoms with E-state index in [1.165, 1.54) is 0 Å². The van der Waals surface area contributed by atoms with Crippen LogP contribution in [0.25, 0.3) is 10.9 Å². The first-order chi connectivity index (χ1) is 9.79. The van der Waals surface area contributed by atoms with Crippen molar-refractivity contribution >= 4 is 16.8 Å². The number of nitrogens with zero attached hydrogens (tertiary/aromatic N) is 2. The summed E-state index contributed by atoms with van der Waals surface area (Å²) in [5.74, 6) is 0.694. The van der Waals surface area contributed by atoms with E-state index in [0.717, 1.165) is 42.5 Å². The van der Waals surface area contributed by atoms with Gasteiger partial charge in [0.2, 0.25) is 0 Å². The lowest BCUT2D eigenvalue weighted by atomic mass is 10.1. The summed E-state index contributed by atoms with van der Waals surface area (Å²) in [5, 5.41) is 4.13. The average Bonchev–Trinajstić information content (AvgIpc) is 2.95. The first-order valence-electron chi connectivity index (χ1n) is 7.07. The quantitative estimate of drug-likeness (QED) is 0.926. The summed E-state index contributed by atoms with van der Waals surface area (Å²) in [6, 6.07) is 9.60. The van der Waals surface area contributed by atoms with Gasteiger partial charge in [0.1, 0.15) is 0 Å². The Balaban J connectivity index is 1.86. The molecule has 1 aliphatic rings. The molecule has 0 radical (unpaired) electrons. The molecule has 0 aliphatic carbocycles. The molecule has 1 saturated heterocycles. The van der Waals surface area contributed by atoms with Crippen molar-refractivity contribution in [3.05, 3.63) is 42.1 Å². The first kappa shape index (κ1) is 13.1. The molecular formula is C16H19N3O. The predicted molar refractivity (Wildman–Crippen MR) is 79.7 cm³/mol. The molecule has 1 fully saturated rings. The van der Waals surface area contributed by atoms with Crippen LogP contribution in [0.15, 0.2) is 36.5 Å². The summed E-state index contributed by atoms with van der Waals surface area (Å²) in [6.07, 6.45) is 2.84. The highest BCUT2D eigenvalue weighted by atomic mass is 16.2. The Labute approximate surface area is 118 Å². The van der Waals surface area contributed by atoms with E-state index in [0.29, 0.717) is 5.92 Å². The molecule has 1 unspecified atom stereocenters. The zero-order valence-corrected chi connectivity index (χ0v) is 11.7. The van der Waals surface area contributed by atoms with Gasteiger partial charge < -0.3 is 10.2 Å². The van der Waals surface area contributed by atoms with Crippen LogP contribution in [0.1, 0.15) is 16.8 Å². The van der Waals surface area contributed by atoms with Crippen molar-refractivity contribution < 1.29 is 4.79 Å². The summed E-state index contributed by atoms with van der Waals surface area (Å²) < 4.78 is 0. The highest BCUT2D eigenvalue weighted by Crippen LogP contribution is 2.22. The SMILES string of the molecule is CNCC1CCN(C(=O)c2cccc3ncccc23)C1. The van der Waals surface area contributed by atoms with Gasteiger partial charge in [-0.1, -0.05) is 12.1 Å². The van der Waals surface area contributed by atoms with Crippen LogP contribution in [-0.2, 0) is 0 Å². The van der Waals surface area contributed by atoms with Crippen molar-refractivity contribution in [2.24, 2.45) is 5.92 Å². The second-order valence-corrected chi connectivity index (χ2v) is 5.34. The van der Waals surface area contributed by atoms with Gasteiger partial charge in [0.05, 0.1) is 5.52 Å². The van der Waals surface area contributed by atoms with E-state index in [1.807, 2.05) is 42.3 Å². The largest absolute Gasteiger partial charge is 0.338 e. The fourth-order valence-corrected chi connectivity index (χ4v) is 2.93. The van der Waals surface area contributed by atoms with Crippen LogP contribution < -0.4 is 5.32 Å². The van der Waals surface area contributed by atoms with Crippen molar-refractivity contribution in [1.29, 1.82) is 0 Å². The Morgan fingerprint density at radius 1 is 1.40 bits per heavy atom. The molecule has 1 aromatic heterocycles. The van der Waals surface area contributed by atoms with Gasteiger partial charge in [0, 0.05) is 30.2 Å². The van der Waals surface area contributed by atoms with Gasteiger partial charge in [0.25, 0.3) is 5.91 Å². The number of pyridine rings is 1. The molecular weight excluding hydrogens is 250 g/mol. The number of carbonyl (C=O) groups is 1. The highest BCUT2D eigenvalue weighted by molar-refractivity contribution is 6.06. The van der Waals surface area contributed by atoms with Crippen molar-refractivity contribution in [2.45, 2.75) is 6.42 Å². The summed E-state index contributed by atoms with van der Waals surface area (Å²) in [4.78, 5) is 19.0. The van der Waals surface area contributed by atoms with E-state index >= 15 is 0 Å². The number of likely N-dealkylation sites (tertiary alicyclic amines) is 1.